The standard InChI is InChI=1S/C24H20O5/c1-26-18-9-4-15(5-10-18)22-20-14-17(24(25)28-3)8-13-21(20)29-23(22)16-6-11-19(27-2)12-7-16/h4-14H,1-3H3. The summed E-state index contributed by atoms with van der Waals surface area (Å²) < 4.78 is 21.6. The van der Waals surface area contributed by atoms with E-state index in [0.717, 1.165) is 39.3 Å². The Morgan fingerprint density at radius 2 is 1.34 bits per heavy atom. The molecule has 0 bridgehead atoms. The number of benzene rings is 3. The molecule has 0 aliphatic rings. The minimum absolute atomic E-state index is 0.389. The van der Waals surface area contributed by atoms with Crippen LogP contribution in [0.25, 0.3) is 33.4 Å². The van der Waals surface area contributed by atoms with Gasteiger partial charge in [-0.15, -0.1) is 0 Å². The van der Waals surface area contributed by atoms with Gasteiger partial charge in [-0.2, -0.15) is 0 Å². The van der Waals surface area contributed by atoms with Gasteiger partial charge in [0.15, 0.2) is 0 Å². The van der Waals surface area contributed by atoms with Crippen LogP contribution in [0.2, 0.25) is 0 Å². The van der Waals surface area contributed by atoms with Crippen molar-refractivity contribution in [1.82, 2.24) is 0 Å². The van der Waals surface area contributed by atoms with E-state index in [4.69, 9.17) is 18.6 Å². The van der Waals surface area contributed by atoms with Gasteiger partial charge in [-0.3, -0.25) is 0 Å². The molecule has 0 saturated heterocycles. The lowest BCUT2D eigenvalue weighted by Gasteiger charge is -2.07. The Kier molecular flexibility index (Phi) is 4.96. The highest BCUT2D eigenvalue weighted by Gasteiger charge is 2.19. The molecule has 3 aromatic carbocycles. The molecule has 1 aromatic heterocycles. The van der Waals surface area contributed by atoms with E-state index in [1.54, 1.807) is 32.4 Å². The Balaban J connectivity index is 1.96. The van der Waals surface area contributed by atoms with Crippen LogP contribution in [-0.4, -0.2) is 27.3 Å². The molecule has 0 N–H and O–H groups in total. The topological polar surface area (TPSA) is 57.9 Å². The molecular weight excluding hydrogens is 368 g/mol. The number of hydrogen-bond acceptors (Lipinski definition) is 5. The number of furan rings is 1. The Hall–Kier alpha value is -3.73. The molecule has 0 saturated carbocycles. The van der Waals surface area contributed by atoms with Gasteiger partial charge in [0.25, 0.3) is 0 Å². The van der Waals surface area contributed by atoms with Crippen molar-refractivity contribution < 1.29 is 23.4 Å². The molecule has 5 heteroatoms. The second-order valence-electron chi connectivity index (χ2n) is 6.47. The summed E-state index contributed by atoms with van der Waals surface area (Å²) in [6.45, 7) is 0. The van der Waals surface area contributed by atoms with E-state index in [0.29, 0.717) is 11.1 Å². The van der Waals surface area contributed by atoms with Crippen molar-refractivity contribution in [3.8, 4) is 33.9 Å². The van der Waals surface area contributed by atoms with E-state index in [1.807, 2.05) is 48.5 Å². The first-order chi connectivity index (χ1) is 14.1. The van der Waals surface area contributed by atoms with Crippen LogP contribution < -0.4 is 9.47 Å². The van der Waals surface area contributed by atoms with Crippen LogP contribution in [0.3, 0.4) is 0 Å². The van der Waals surface area contributed by atoms with Crippen molar-refractivity contribution in [3.05, 3.63) is 72.3 Å². The van der Waals surface area contributed by atoms with E-state index in [1.165, 1.54) is 7.11 Å². The van der Waals surface area contributed by atoms with Crippen LogP contribution in [0.1, 0.15) is 10.4 Å². The molecule has 0 atom stereocenters. The monoisotopic (exact) mass is 388 g/mol. The molecule has 146 valence electrons. The molecular formula is C24H20O5. The van der Waals surface area contributed by atoms with Gasteiger partial charge in [0, 0.05) is 16.5 Å². The second kappa shape index (κ2) is 7.72. The molecule has 0 aliphatic heterocycles. The highest BCUT2D eigenvalue weighted by atomic mass is 16.5. The van der Waals surface area contributed by atoms with Gasteiger partial charge >= 0.3 is 5.97 Å². The number of carbonyl (C=O) groups excluding carboxylic acids is 1. The number of carbonyl (C=O) groups is 1. The second-order valence-corrected chi connectivity index (χ2v) is 6.47. The van der Waals surface area contributed by atoms with Gasteiger partial charge in [0.2, 0.25) is 0 Å². The van der Waals surface area contributed by atoms with E-state index < -0.39 is 0 Å². The Morgan fingerprint density at radius 1 is 0.759 bits per heavy atom. The number of rotatable bonds is 5. The largest absolute Gasteiger partial charge is 0.497 e. The fourth-order valence-electron chi connectivity index (χ4n) is 3.33. The fraction of sp³-hybridized carbons (Fsp3) is 0.125. The zero-order valence-electron chi connectivity index (χ0n) is 16.4. The Labute approximate surface area is 168 Å². The maximum atomic E-state index is 12.1. The molecule has 5 nitrogen and oxygen atoms in total. The summed E-state index contributed by atoms with van der Waals surface area (Å²) in [6, 6.07) is 20.7. The summed E-state index contributed by atoms with van der Waals surface area (Å²) in [4.78, 5) is 12.1. The predicted octanol–water partition coefficient (Wildman–Crippen LogP) is 5.57. The van der Waals surface area contributed by atoms with Crippen LogP contribution in [0.15, 0.2) is 71.1 Å². The lowest BCUT2D eigenvalue weighted by Crippen LogP contribution is -2.00. The van der Waals surface area contributed by atoms with Gasteiger partial charge in [0.05, 0.1) is 26.9 Å². The summed E-state index contributed by atoms with van der Waals surface area (Å²) in [5, 5.41) is 0.837. The number of esters is 1. The predicted molar refractivity (Wildman–Crippen MR) is 112 cm³/mol. The summed E-state index contributed by atoms with van der Waals surface area (Å²) in [7, 11) is 4.63. The van der Waals surface area contributed by atoms with Crippen molar-refractivity contribution >= 4 is 16.9 Å². The van der Waals surface area contributed by atoms with Crippen LogP contribution in [0.5, 0.6) is 11.5 Å². The van der Waals surface area contributed by atoms with Crippen LogP contribution in [0.4, 0.5) is 0 Å². The van der Waals surface area contributed by atoms with Gasteiger partial charge in [0.1, 0.15) is 22.8 Å². The minimum atomic E-state index is -0.389. The van der Waals surface area contributed by atoms with Crippen molar-refractivity contribution in [2.24, 2.45) is 0 Å². The first-order valence-electron chi connectivity index (χ1n) is 9.08. The number of ether oxygens (including phenoxy) is 3. The number of fused-ring (bicyclic) bond motifs is 1. The van der Waals surface area contributed by atoms with Crippen LogP contribution in [0, 0.1) is 0 Å². The van der Waals surface area contributed by atoms with Gasteiger partial charge < -0.3 is 18.6 Å². The number of hydrogen-bond donors (Lipinski definition) is 0. The molecule has 4 rings (SSSR count). The van der Waals surface area contributed by atoms with Crippen molar-refractivity contribution in [3.63, 3.8) is 0 Å². The lowest BCUT2D eigenvalue weighted by atomic mass is 9.97. The van der Waals surface area contributed by atoms with Gasteiger partial charge in [-0.25, -0.2) is 4.79 Å². The summed E-state index contributed by atoms with van der Waals surface area (Å²) >= 11 is 0. The quantitative estimate of drug-likeness (QED) is 0.418. The molecule has 29 heavy (non-hydrogen) atoms. The third kappa shape index (κ3) is 3.43. The SMILES string of the molecule is COC(=O)c1ccc2oc(-c3ccc(OC)cc3)c(-c3ccc(OC)cc3)c2c1. The minimum Gasteiger partial charge on any atom is -0.497 e. The first-order valence-corrected chi connectivity index (χ1v) is 9.08. The average molecular weight is 388 g/mol. The van der Waals surface area contributed by atoms with E-state index in [9.17, 15) is 4.79 Å². The molecule has 0 aliphatic carbocycles. The van der Waals surface area contributed by atoms with Crippen LogP contribution >= 0.6 is 0 Å². The molecule has 0 radical (unpaired) electrons. The maximum Gasteiger partial charge on any atom is 0.337 e. The lowest BCUT2D eigenvalue weighted by molar-refractivity contribution is 0.0601. The molecule has 0 fully saturated rings. The highest BCUT2D eigenvalue weighted by Crippen LogP contribution is 2.42. The first kappa shape index (κ1) is 18.6. The van der Waals surface area contributed by atoms with Crippen molar-refractivity contribution in [1.29, 1.82) is 0 Å². The highest BCUT2D eigenvalue weighted by molar-refractivity contribution is 6.04. The van der Waals surface area contributed by atoms with Crippen molar-refractivity contribution in [2.45, 2.75) is 0 Å². The molecule has 4 aromatic rings. The van der Waals surface area contributed by atoms with Gasteiger partial charge in [-0.1, -0.05) is 12.1 Å². The molecule has 0 spiro atoms. The maximum absolute atomic E-state index is 12.1. The molecule has 0 unspecified atom stereocenters. The zero-order chi connectivity index (χ0) is 20.4. The summed E-state index contributed by atoms with van der Waals surface area (Å²) in [5.41, 5.74) is 3.93. The molecule has 1 heterocycles. The summed E-state index contributed by atoms with van der Waals surface area (Å²) in [6.07, 6.45) is 0. The third-order valence-electron chi connectivity index (χ3n) is 4.84. The summed E-state index contributed by atoms with van der Waals surface area (Å²) in [5.74, 6) is 1.86. The van der Waals surface area contributed by atoms with Crippen molar-refractivity contribution in [2.75, 3.05) is 21.3 Å². The van der Waals surface area contributed by atoms with Crippen LogP contribution in [-0.2, 0) is 4.74 Å². The zero-order valence-corrected chi connectivity index (χ0v) is 16.4. The Bertz CT molecular complexity index is 1150. The smallest absolute Gasteiger partial charge is 0.337 e. The van der Waals surface area contributed by atoms with E-state index in [-0.39, 0.29) is 5.97 Å². The normalized spacial score (nSPS) is 10.7. The van der Waals surface area contributed by atoms with Gasteiger partial charge in [-0.05, 0) is 60.2 Å². The van der Waals surface area contributed by atoms with E-state index >= 15 is 0 Å². The third-order valence-corrected chi connectivity index (χ3v) is 4.84. The average Bonchev–Trinajstić information content (AvgIpc) is 3.17. The fourth-order valence-corrected chi connectivity index (χ4v) is 3.33. The van der Waals surface area contributed by atoms with E-state index in [2.05, 4.69) is 0 Å². The molecule has 0 amide bonds. The number of methoxy groups -OCH3 is 3. The Morgan fingerprint density at radius 3 is 1.90 bits per heavy atom.